The van der Waals surface area contributed by atoms with Crippen LogP contribution in [0.3, 0.4) is 0 Å². The van der Waals surface area contributed by atoms with Gasteiger partial charge in [0.25, 0.3) is 0 Å². The molecule has 0 unspecified atom stereocenters. The van der Waals surface area contributed by atoms with Crippen LogP contribution in [0.1, 0.15) is 5.56 Å². The first-order valence-electron chi connectivity index (χ1n) is 8.33. The summed E-state index contributed by atoms with van der Waals surface area (Å²) < 4.78 is 77.4. The predicted molar refractivity (Wildman–Crippen MR) is 104 cm³/mol. The van der Waals surface area contributed by atoms with Gasteiger partial charge in [-0.15, -0.1) is 0 Å². The standard InChI is InChI=1S/C19H15F6N3S/c20-18(21,22)9-27-13-4-5-14-15(11-2-1-3-12(6-11)17(26)29)8-28(16(14)7-13)10-19(23,24)25/h1-8,27H,9-10H2,(H2,26,29). The van der Waals surface area contributed by atoms with Gasteiger partial charge in [-0.05, 0) is 23.8 Å². The Labute approximate surface area is 167 Å². The third-order valence-corrected chi connectivity index (χ3v) is 4.42. The lowest BCUT2D eigenvalue weighted by atomic mass is 10.0. The molecule has 154 valence electrons. The lowest BCUT2D eigenvalue weighted by molar-refractivity contribution is -0.139. The van der Waals surface area contributed by atoms with Crippen molar-refractivity contribution in [1.29, 1.82) is 0 Å². The lowest BCUT2D eigenvalue weighted by Gasteiger charge is -2.12. The van der Waals surface area contributed by atoms with E-state index in [9.17, 15) is 26.3 Å². The maximum absolute atomic E-state index is 13.0. The van der Waals surface area contributed by atoms with Crippen molar-refractivity contribution in [1.82, 2.24) is 4.57 Å². The van der Waals surface area contributed by atoms with Crippen LogP contribution in [0.2, 0.25) is 0 Å². The second kappa shape index (κ2) is 7.58. The van der Waals surface area contributed by atoms with E-state index in [-0.39, 0.29) is 16.2 Å². The molecule has 0 saturated heterocycles. The van der Waals surface area contributed by atoms with E-state index in [0.717, 1.165) is 4.57 Å². The number of fused-ring (bicyclic) bond motifs is 1. The number of rotatable bonds is 5. The van der Waals surface area contributed by atoms with Crippen LogP contribution in [0.4, 0.5) is 32.0 Å². The molecule has 0 spiro atoms. The molecule has 3 nitrogen and oxygen atoms in total. The zero-order chi connectivity index (χ0) is 21.4. The van der Waals surface area contributed by atoms with E-state index in [4.69, 9.17) is 18.0 Å². The molecule has 0 bridgehead atoms. The summed E-state index contributed by atoms with van der Waals surface area (Å²) in [5.41, 5.74) is 7.49. The molecule has 0 saturated carbocycles. The van der Waals surface area contributed by atoms with Gasteiger partial charge in [0.05, 0.1) is 5.52 Å². The van der Waals surface area contributed by atoms with Gasteiger partial charge in [-0.2, -0.15) is 26.3 Å². The average Bonchev–Trinajstić information content (AvgIpc) is 2.96. The molecular weight excluding hydrogens is 416 g/mol. The Hall–Kier alpha value is -2.75. The minimum Gasteiger partial charge on any atom is -0.389 e. The Morgan fingerprint density at radius 2 is 1.72 bits per heavy atom. The minimum atomic E-state index is -4.50. The first kappa shape index (κ1) is 21.0. The normalized spacial score (nSPS) is 12.3. The Morgan fingerprint density at radius 1 is 1.00 bits per heavy atom. The molecule has 3 N–H and O–H groups in total. The number of nitrogens with zero attached hydrogens (tertiary/aromatic N) is 1. The molecule has 2 aromatic carbocycles. The molecule has 3 rings (SSSR count). The monoisotopic (exact) mass is 431 g/mol. The van der Waals surface area contributed by atoms with Crippen LogP contribution in [-0.4, -0.2) is 28.5 Å². The van der Waals surface area contributed by atoms with E-state index >= 15 is 0 Å². The van der Waals surface area contributed by atoms with Crippen molar-refractivity contribution in [3.8, 4) is 11.1 Å². The maximum Gasteiger partial charge on any atom is 0.406 e. The highest BCUT2D eigenvalue weighted by Crippen LogP contribution is 2.34. The van der Waals surface area contributed by atoms with Crippen molar-refractivity contribution < 1.29 is 26.3 Å². The molecule has 0 radical (unpaired) electrons. The van der Waals surface area contributed by atoms with Gasteiger partial charge >= 0.3 is 12.4 Å². The summed E-state index contributed by atoms with van der Waals surface area (Å²) in [5.74, 6) is 0. The molecular formula is C19H15F6N3S. The van der Waals surface area contributed by atoms with Crippen LogP contribution < -0.4 is 11.1 Å². The smallest absolute Gasteiger partial charge is 0.389 e. The van der Waals surface area contributed by atoms with E-state index in [1.165, 1.54) is 24.4 Å². The molecule has 0 aliphatic heterocycles. The molecule has 0 aliphatic carbocycles. The Kier molecular flexibility index (Phi) is 5.48. The van der Waals surface area contributed by atoms with Gasteiger partial charge in [-0.3, -0.25) is 0 Å². The fourth-order valence-electron chi connectivity index (χ4n) is 3.00. The number of thiocarbonyl (C=S) groups is 1. The van der Waals surface area contributed by atoms with Gasteiger partial charge in [-0.25, -0.2) is 0 Å². The summed E-state index contributed by atoms with van der Waals surface area (Å²) in [6.45, 7) is -2.57. The summed E-state index contributed by atoms with van der Waals surface area (Å²) in [6.07, 6.45) is -7.63. The van der Waals surface area contributed by atoms with Crippen LogP contribution >= 0.6 is 12.2 Å². The fourth-order valence-corrected chi connectivity index (χ4v) is 3.13. The van der Waals surface area contributed by atoms with Gasteiger partial charge in [0.15, 0.2) is 0 Å². The molecule has 0 atom stereocenters. The number of halogens is 6. The summed E-state index contributed by atoms with van der Waals surface area (Å²) in [5, 5.41) is 2.65. The molecule has 0 amide bonds. The molecule has 0 fully saturated rings. The van der Waals surface area contributed by atoms with Crippen LogP contribution in [0.5, 0.6) is 0 Å². The van der Waals surface area contributed by atoms with Gasteiger partial charge in [0.1, 0.15) is 18.1 Å². The number of nitrogens with one attached hydrogen (secondary N) is 1. The van der Waals surface area contributed by atoms with Crippen molar-refractivity contribution in [2.45, 2.75) is 18.9 Å². The van der Waals surface area contributed by atoms with Crippen LogP contribution in [-0.2, 0) is 6.54 Å². The number of aromatic nitrogens is 1. The number of nitrogens with two attached hydrogens (primary N) is 1. The number of hydrogen-bond donors (Lipinski definition) is 2. The highest BCUT2D eigenvalue weighted by molar-refractivity contribution is 7.80. The molecule has 1 aromatic heterocycles. The second-order valence-electron chi connectivity index (χ2n) is 6.43. The number of benzene rings is 2. The number of alkyl halides is 6. The SMILES string of the molecule is NC(=S)c1cccc(-c2cn(CC(F)(F)F)c3cc(NCC(F)(F)F)ccc23)c1. The van der Waals surface area contributed by atoms with Gasteiger partial charge in [0.2, 0.25) is 0 Å². The zero-order valence-corrected chi connectivity index (χ0v) is 15.6. The summed E-state index contributed by atoms with van der Waals surface area (Å²) in [6, 6.07) is 10.9. The third-order valence-electron chi connectivity index (χ3n) is 4.18. The summed E-state index contributed by atoms with van der Waals surface area (Å²) >= 11 is 4.94. The van der Waals surface area contributed by atoms with Gasteiger partial charge in [-0.1, -0.05) is 36.5 Å². The van der Waals surface area contributed by atoms with E-state index in [1.54, 1.807) is 24.3 Å². The topological polar surface area (TPSA) is 43.0 Å². The van der Waals surface area contributed by atoms with E-state index in [0.29, 0.717) is 22.1 Å². The molecule has 1 heterocycles. The number of anilines is 1. The zero-order valence-electron chi connectivity index (χ0n) is 14.7. The van der Waals surface area contributed by atoms with Crippen LogP contribution in [0.15, 0.2) is 48.7 Å². The van der Waals surface area contributed by atoms with Crippen molar-refractivity contribution >= 4 is 33.8 Å². The average molecular weight is 431 g/mol. The number of hydrogen-bond acceptors (Lipinski definition) is 2. The minimum absolute atomic E-state index is 0.0692. The first-order valence-corrected chi connectivity index (χ1v) is 8.74. The fraction of sp³-hybridized carbons (Fsp3) is 0.211. The van der Waals surface area contributed by atoms with Gasteiger partial charge < -0.3 is 15.6 Å². The van der Waals surface area contributed by atoms with Crippen molar-refractivity contribution in [2.24, 2.45) is 5.73 Å². The van der Waals surface area contributed by atoms with Crippen LogP contribution in [0, 0.1) is 0 Å². The first-order chi connectivity index (χ1) is 13.4. The summed E-state index contributed by atoms with van der Waals surface area (Å²) in [7, 11) is 0. The molecule has 3 aromatic rings. The summed E-state index contributed by atoms with van der Waals surface area (Å²) in [4.78, 5) is 0.143. The molecule has 0 aliphatic rings. The van der Waals surface area contributed by atoms with E-state index in [1.807, 2.05) is 0 Å². The predicted octanol–water partition coefficient (Wildman–Crippen LogP) is 5.48. The van der Waals surface area contributed by atoms with Crippen molar-refractivity contribution in [3.05, 3.63) is 54.2 Å². The van der Waals surface area contributed by atoms with Crippen molar-refractivity contribution in [3.63, 3.8) is 0 Å². The largest absolute Gasteiger partial charge is 0.406 e. The highest BCUT2D eigenvalue weighted by atomic mass is 32.1. The molecule has 10 heteroatoms. The Balaban J connectivity index is 2.11. The highest BCUT2D eigenvalue weighted by Gasteiger charge is 2.30. The maximum atomic E-state index is 13.0. The van der Waals surface area contributed by atoms with E-state index < -0.39 is 25.4 Å². The van der Waals surface area contributed by atoms with Crippen LogP contribution in [0.25, 0.3) is 22.0 Å². The van der Waals surface area contributed by atoms with E-state index in [2.05, 4.69) is 5.32 Å². The Bertz CT molecular complexity index is 1050. The lowest BCUT2D eigenvalue weighted by Crippen LogP contribution is -2.21. The second-order valence-corrected chi connectivity index (χ2v) is 6.87. The molecule has 29 heavy (non-hydrogen) atoms. The Morgan fingerprint density at radius 3 is 2.34 bits per heavy atom. The third kappa shape index (κ3) is 5.20. The van der Waals surface area contributed by atoms with Gasteiger partial charge in [0, 0.05) is 28.4 Å². The quantitative estimate of drug-likeness (QED) is 0.415. The van der Waals surface area contributed by atoms with Crippen molar-refractivity contribution in [2.75, 3.05) is 11.9 Å².